The number of nitrogens with zero attached hydrogens (tertiary/aromatic N) is 1. The Morgan fingerprint density at radius 3 is 2.83 bits per heavy atom. The third-order valence-electron chi connectivity index (χ3n) is 3.22. The monoisotopic (exact) mass is 347 g/mol. The van der Waals surface area contributed by atoms with Crippen molar-refractivity contribution in [2.75, 3.05) is 19.0 Å². The van der Waals surface area contributed by atoms with Gasteiger partial charge in [-0.25, -0.2) is 9.78 Å². The van der Waals surface area contributed by atoms with E-state index in [0.29, 0.717) is 0 Å². The van der Waals surface area contributed by atoms with Crippen LogP contribution in [0.25, 0.3) is 0 Å². The van der Waals surface area contributed by atoms with Crippen molar-refractivity contribution in [2.45, 2.75) is 29.7 Å². The quantitative estimate of drug-likeness (QED) is 0.108. The molecule has 23 heavy (non-hydrogen) atoms. The maximum atomic E-state index is 11.5. The van der Waals surface area contributed by atoms with Gasteiger partial charge in [-0.1, -0.05) is 0 Å². The van der Waals surface area contributed by atoms with Gasteiger partial charge in [0.25, 0.3) is 0 Å². The maximum Gasteiger partial charge on any atom is 0.335 e. The van der Waals surface area contributed by atoms with E-state index >= 15 is 0 Å². The maximum absolute atomic E-state index is 11.5. The number of aliphatic hydroxyl groups excluding tert-OH is 3. The van der Waals surface area contributed by atoms with E-state index in [2.05, 4.69) is 10.3 Å². The van der Waals surface area contributed by atoms with Crippen LogP contribution in [0.3, 0.4) is 0 Å². The summed E-state index contributed by atoms with van der Waals surface area (Å²) >= 11 is 1.07. The Bertz CT molecular complexity index is 611. The highest BCUT2D eigenvalue weighted by molar-refractivity contribution is 7.99. The Labute approximate surface area is 134 Å². The first-order chi connectivity index (χ1) is 10.9. The summed E-state index contributed by atoms with van der Waals surface area (Å²) in [6.07, 6.45) is -3.12. The molecule has 0 aliphatic carbocycles. The molecule has 1 aromatic rings. The van der Waals surface area contributed by atoms with E-state index in [1.807, 2.05) is 0 Å². The van der Waals surface area contributed by atoms with Crippen LogP contribution in [0.15, 0.2) is 22.2 Å². The van der Waals surface area contributed by atoms with Crippen molar-refractivity contribution in [2.24, 2.45) is 0 Å². The largest absolute Gasteiger partial charge is 0.549 e. The molecule has 0 bridgehead atoms. The first kappa shape index (κ1) is 17.8. The molecule has 1 aliphatic heterocycles. The second kappa shape index (κ2) is 7.86. The number of carboxylic acids is 1. The number of H-pyrrole nitrogens is 1. The highest BCUT2D eigenvalue weighted by atomic mass is 32.2. The normalized spacial score (nSPS) is 27.3. The molecule has 0 amide bonds. The molecule has 10 nitrogen and oxygen atoms in total. The van der Waals surface area contributed by atoms with E-state index < -0.39 is 42.7 Å². The van der Waals surface area contributed by atoms with Crippen LogP contribution >= 0.6 is 11.8 Å². The van der Waals surface area contributed by atoms with E-state index in [0.717, 1.165) is 11.8 Å². The number of thioether (sulfide) groups is 1. The van der Waals surface area contributed by atoms with Gasteiger partial charge in [-0.3, -0.25) is 0 Å². The van der Waals surface area contributed by atoms with Gasteiger partial charge in [0.1, 0.15) is 24.5 Å². The standard InChI is InChI=1S/C12H17N3O7S/c16-4-6-9(20)10(21)11(22-6)15-2-1-7(17)14-12(15)23-5-13-3-8(18)19/h1-2,6,9-11,13,16,20-21H,3-5H2,(H,18,19)/t6-,9-,10-,11-/m1/s1. The SMILES string of the molecule is O=C([O-])CNCSc1[nH]c(=O)cc[n+]1[C@@H]1O[C@H](CO)[C@@H](O)[C@H]1O. The average Bonchev–Trinajstić information content (AvgIpc) is 2.79. The second-order valence-corrected chi connectivity index (χ2v) is 5.80. The summed E-state index contributed by atoms with van der Waals surface area (Å²) in [5.41, 5.74) is -0.393. The van der Waals surface area contributed by atoms with Crippen molar-refractivity contribution in [3.05, 3.63) is 22.6 Å². The second-order valence-electron chi connectivity index (χ2n) is 4.83. The van der Waals surface area contributed by atoms with Gasteiger partial charge in [0.15, 0.2) is 0 Å². The summed E-state index contributed by atoms with van der Waals surface area (Å²) in [6, 6.07) is 1.22. The van der Waals surface area contributed by atoms with Crippen molar-refractivity contribution in [1.29, 1.82) is 0 Å². The molecule has 1 aromatic heterocycles. The van der Waals surface area contributed by atoms with E-state index in [1.54, 1.807) is 0 Å². The predicted molar refractivity (Wildman–Crippen MR) is 74.0 cm³/mol. The number of nitrogens with one attached hydrogen (secondary N) is 2. The van der Waals surface area contributed by atoms with Crippen LogP contribution in [0.4, 0.5) is 0 Å². The first-order valence-electron chi connectivity index (χ1n) is 6.74. The van der Waals surface area contributed by atoms with Crippen LogP contribution in [0.2, 0.25) is 0 Å². The summed E-state index contributed by atoms with van der Waals surface area (Å²) in [7, 11) is 0. The third kappa shape index (κ3) is 4.28. The van der Waals surface area contributed by atoms with Crippen LogP contribution in [0.1, 0.15) is 6.23 Å². The molecule has 11 heteroatoms. The number of carbonyl (C=O) groups excluding carboxylic acids is 1. The van der Waals surface area contributed by atoms with Gasteiger partial charge >= 0.3 is 10.7 Å². The minimum atomic E-state index is -1.29. The molecule has 0 spiro atoms. The molecule has 5 N–H and O–H groups in total. The number of aliphatic carboxylic acids is 1. The fourth-order valence-electron chi connectivity index (χ4n) is 2.12. The van der Waals surface area contributed by atoms with Gasteiger partial charge in [0, 0.05) is 6.54 Å². The van der Waals surface area contributed by atoms with Crippen molar-refractivity contribution in [1.82, 2.24) is 10.3 Å². The Balaban J connectivity index is 2.15. The topological polar surface area (TPSA) is 159 Å². The molecular formula is C12H17N3O7S. The van der Waals surface area contributed by atoms with Crippen LogP contribution in [-0.4, -0.2) is 63.6 Å². The zero-order valence-corrected chi connectivity index (χ0v) is 12.7. The molecule has 0 radical (unpaired) electrons. The van der Waals surface area contributed by atoms with Crippen LogP contribution in [0, 0.1) is 0 Å². The number of carbonyl (C=O) groups is 1. The molecule has 0 unspecified atom stereocenters. The number of hydrogen-bond acceptors (Lipinski definition) is 9. The average molecular weight is 347 g/mol. The molecule has 0 aromatic carbocycles. The molecule has 2 rings (SSSR count). The van der Waals surface area contributed by atoms with Crippen LogP contribution in [0.5, 0.6) is 0 Å². The Morgan fingerprint density at radius 2 is 2.22 bits per heavy atom. The zero-order chi connectivity index (χ0) is 17.0. The Hall–Kier alpha value is -1.50. The fraction of sp³-hybridized carbons (Fsp3) is 0.583. The highest BCUT2D eigenvalue weighted by Crippen LogP contribution is 2.26. The number of carboxylic acid groups (broad SMARTS) is 1. The summed E-state index contributed by atoms with van der Waals surface area (Å²) in [5.74, 6) is -1.11. The van der Waals surface area contributed by atoms with Gasteiger partial charge in [0.05, 0.1) is 24.5 Å². The van der Waals surface area contributed by atoms with Gasteiger partial charge in [0.2, 0.25) is 6.23 Å². The van der Waals surface area contributed by atoms with Crippen molar-refractivity contribution >= 4 is 17.7 Å². The van der Waals surface area contributed by atoms with Gasteiger partial charge in [-0.2, -0.15) is 4.57 Å². The lowest BCUT2D eigenvalue weighted by atomic mass is 10.1. The molecule has 1 fully saturated rings. The van der Waals surface area contributed by atoms with Gasteiger partial charge in [-0.05, 0) is 11.8 Å². The van der Waals surface area contributed by atoms with E-state index in [9.17, 15) is 24.9 Å². The molecule has 1 aliphatic rings. The van der Waals surface area contributed by atoms with Crippen molar-refractivity contribution < 1.29 is 34.5 Å². The third-order valence-corrected chi connectivity index (χ3v) is 4.16. The zero-order valence-electron chi connectivity index (χ0n) is 11.9. The number of aromatic nitrogens is 2. The number of ether oxygens (including phenoxy) is 1. The predicted octanol–water partition coefficient (Wildman–Crippen LogP) is -4.34. The molecule has 4 atom stereocenters. The fourth-order valence-corrected chi connectivity index (χ4v) is 2.95. The van der Waals surface area contributed by atoms with E-state index in [4.69, 9.17) is 9.84 Å². The van der Waals surface area contributed by atoms with Crippen LogP contribution in [-0.2, 0) is 9.53 Å². The van der Waals surface area contributed by atoms with Crippen LogP contribution < -0.4 is 20.5 Å². The smallest absolute Gasteiger partial charge is 0.335 e. The van der Waals surface area contributed by atoms with Crippen molar-refractivity contribution in [3.63, 3.8) is 0 Å². The van der Waals surface area contributed by atoms with Gasteiger partial charge in [-0.15, -0.1) is 0 Å². The number of hydrogen-bond donors (Lipinski definition) is 5. The molecule has 2 heterocycles. The molecular weight excluding hydrogens is 330 g/mol. The first-order valence-corrected chi connectivity index (χ1v) is 7.73. The van der Waals surface area contributed by atoms with E-state index in [-0.39, 0.29) is 17.6 Å². The highest BCUT2D eigenvalue weighted by Gasteiger charge is 2.46. The molecule has 1 saturated heterocycles. The molecule has 0 saturated carbocycles. The lowest BCUT2D eigenvalue weighted by Crippen LogP contribution is -2.49. The lowest BCUT2D eigenvalue weighted by Gasteiger charge is -2.15. The number of aliphatic hydroxyl groups is 3. The summed E-state index contributed by atoms with van der Waals surface area (Å²) in [5, 5.41) is 42.2. The number of rotatable bonds is 7. The Morgan fingerprint density at radius 1 is 1.48 bits per heavy atom. The number of aromatic amines is 1. The van der Waals surface area contributed by atoms with E-state index in [1.165, 1.54) is 16.8 Å². The summed E-state index contributed by atoms with van der Waals surface area (Å²) in [6.45, 7) is -0.813. The minimum Gasteiger partial charge on any atom is -0.549 e. The molecule has 128 valence electrons. The van der Waals surface area contributed by atoms with Gasteiger partial charge < -0.3 is 35.3 Å². The van der Waals surface area contributed by atoms with Crippen molar-refractivity contribution in [3.8, 4) is 0 Å². The lowest BCUT2D eigenvalue weighted by molar-refractivity contribution is -0.800. The minimum absolute atomic E-state index is 0.155. The summed E-state index contributed by atoms with van der Waals surface area (Å²) < 4.78 is 6.80. The summed E-state index contributed by atoms with van der Waals surface area (Å²) in [4.78, 5) is 24.3. The Kier molecular flexibility index (Phi) is 6.10.